The van der Waals surface area contributed by atoms with Crippen LogP contribution in [0.3, 0.4) is 0 Å². The number of alkyl halides is 3. The van der Waals surface area contributed by atoms with Crippen molar-refractivity contribution >= 4 is 11.9 Å². The van der Waals surface area contributed by atoms with Gasteiger partial charge in [-0.05, 0) is 75.5 Å². The first kappa shape index (κ1) is 38.0. The van der Waals surface area contributed by atoms with E-state index in [1.54, 1.807) is 52.9 Å². The molecule has 2 heterocycles. The number of pyridine rings is 2. The van der Waals surface area contributed by atoms with E-state index in [0.29, 0.717) is 11.8 Å². The lowest BCUT2D eigenvalue weighted by molar-refractivity contribution is -0.139. The van der Waals surface area contributed by atoms with E-state index >= 15 is 4.39 Å². The van der Waals surface area contributed by atoms with Gasteiger partial charge in [-0.25, -0.2) is 4.39 Å². The van der Waals surface area contributed by atoms with Crippen molar-refractivity contribution in [2.24, 2.45) is 13.0 Å². The van der Waals surface area contributed by atoms with Gasteiger partial charge in [-0.2, -0.15) is 13.2 Å². The van der Waals surface area contributed by atoms with E-state index in [9.17, 15) is 37.5 Å². The Balaban J connectivity index is 2.19. The van der Waals surface area contributed by atoms with Gasteiger partial charge in [0.1, 0.15) is 17.6 Å². The molecule has 1 unspecified atom stereocenters. The third kappa shape index (κ3) is 8.71. The largest absolute Gasteiger partial charge is 0.496 e. The van der Waals surface area contributed by atoms with Gasteiger partial charge in [0.05, 0.1) is 30.7 Å². The number of carboxylic acids is 1. The van der Waals surface area contributed by atoms with Gasteiger partial charge in [0.2, 0.25) is 5.91 Å². The summed E-state index contributed by atoms with van der Waals surface area (Å²) in [6, 6.07) is 1.92. The molecule has 14 heteroatoms. The first-order valence-electron chi connectivity index (χ1n) is 15.3. The first-order valence-corrected chi connectivity index (χ1v) is 15.3. The van der Waals surface area contributed by atoms with Gasteiger partial charge in [0.25, 0.3) is 11.1 Å². The highest BCUT2D eigenvalue weighted by molar-refractivity contribution is 5.82. The van der Waals surface area contributed by atoms with Crippen molar-refractivity contribution in [1.82, 2.24) is 19.4 Å². The number of halogens is 4. The van der Waals surface area contributed by atoms with E-state index in [4.69, 9.17) is 4.74 Å². The van der Waals surface area contributed by atoms with E-state index in [1.807, 2.05) is 0 Å². The second kappa shape index (κ2) is 15.2. The molecular formula is C34H42F4N4O6. The highest BCUT2D eigenvalue weighted by atomic mass is 19.4. The second-order valence-electron chi connectivity index (χ2n) is 12.6. The highest BCUT2D eigenvalue weighted by Gasteiger charge is 2.36. The van der Waals surface area contributed by atoms with Crippen LogP contribution >= 0.6 is 0 Å². The van der Waals surface area contributed by atoms with E-state index in [0.717, 1.165) is 10.8 Å². The summed E-state index contributed by atoms with van der Waals surface area (Å²) in [6.45, 7) is 6.85. The van der Waals surface area contributed by atoms with Crippen molar-refractivity contribution in [3.8, 4) is 16.9 Å². The van der Waals surface area contributed by atoms with Gasteiger partial charge in [0.15, 0.2) is 0 Å². The van der Waals surface area contributed by atoms with Crippen molar-refractivity contribution in [3.63, 3.8) is 0 Å². The number of hydrogen-bond donors (Lipinski definition) is 2. The van der Waals surface area contributed by atoms with E-state index in [2.05, 4.69) is 5.32 Å². The first-order chi connectivity index (χ1) is 22.3. The number of carbonyl (C=O) groups is 2. The van der Waals surface area contributed by atoms with Gasteiger partial charge in [-0.3, -0.25) is 19.2 Å². The number of aromatic nitrogens is 2. The number of carbonyl (C=O) groups excluding carboxylic acids is 1. The molecule has 1 aromatic carbocycles. The topological polar surface area (TPSA) is 123 Å². The predicted octanol–water partition coefficient (Wildman–Crippen LogP) is 5.02. The maximum absolute atomic E-state index is 15.8. The normalized spacial score (nSPS) is 13.1. The number of amides is 1. The Kier molecular flexibility index (Phi) is 12.0. The molecule has 1 amide bonds. The smallest absolute Gasteiger partial charge is 0.416 e. The third-order valence-corrected chi connectivity index (χ3v) is 8.13. The van der Waals surface area contributed by atoms with Crippen molar-refractivity contribution in [3.05, 3.63) is 84.9 Å². The van der Waals surface area contributed by atoms with Crippen LogP contribution in [0.4, 0.5) is 17.6 Å². The lowest BCUT2D eigenvalue weighted by Gasteiger charge is -2.27. The average molecular weight is 679 g/mol. The van der Waals surface area contributed by atoms with Crippen molar-refractivity contribution in [1.29, 1.82) is 0 Å². The minimum absolute atomic E-state index is 0.00216. The van der Waals surface area contributed by atoms with E-state index in [1.165, 1.54) is 30.7 Å². The number of nitrogens with zero attached hydrogens (tertiary/aromatic N) is 3. The molecule has 262 valence electrons. The molecule has 2 N–H and O–H groups in total. The number of aliphatic carboxylic acids is 1. The zero-order chi connectivity index (χ0) is 36.2. The van der Waals surface area contributed by atoms with Crippen molar-refractivity contribution < 1.29 is 37.0 Å². The van der Waals surface area contributed by atoms with Crippen molar-refractivity contribution in [2.45, 2.75) is 65.2 Å². The second-order valence-corrected chi connectivity index (χ2v) is 12.6. The third-order valence-electron chi connectivity index (χ3n) is 8.13. The quantitative estimate of drug-likeness (QED) is 0.244. The number of ether oxygens (including phenoxy) is 1. The molecule has 2 atom stereocenters. The number of aryl methyl sites for hydroxylation is 2. The monoisotopic (exact) mass is 678 g/mol. The zero-order valence-electron chi connectivity index (χ0n) is 28.3. The minimum atomic E-state index is -4.82. The van der Waals surface area contributed by atoms with Gasteiger partial charge in [-0.1, -0.05) is 13.8 Å². The summed E-state index contributed by atoms with van der Waals surface area (Å²) in [7, 11) is 6.29. The molecule has 0 aliphatic heterocycles. The van der Waals surface area contributed by atoms with Gasteiger partial charge < -0.3 is 29.2 Å². The van der Waals surface area contributed by atoms with Crippen LogP contribution in [0.5, 0.6) is 5.75 Å². The Bertz CT molecular complexity index is 1800. The Morgan fingerprint density at radius 3 is 2.27 bits per heavy atom. The lowest BCUT2D eigenvalue weighted by Crippen LogP contribution is -2.41. The molecule has 0 bridgehead atoms. The molecule has 2 aromatic heterocycles. The fraction of sp³-hybridized carbons (Fsp3) is 0.471. The van der Waals surface area contributed by atoms with Crippen LogP contribution in [0.2, 0.25) is 0 Å². The van der Waals surface area contributed by atoms with Crippen LogP contribution in [0.1, 0.15) is 66.7 Å². The Labute approximate surface area is 275 Å². The van der Waals surface area contributed by atoms with Crippen LogP contribution in [0.15, 0.2) is 40.1 Å². The summed E-state index contributed by atoms with van der Waals surface area (Å²) < 4.78 is 65.3. The lowest BCUT2D eigenvalue weighted by atomic mass is 9.93. The van der Waals surface area contributed by atoms with Gasteiger partial charge in [0, 0.05) is 43.2 Å². The van der Waals surface area contributed by atoms with Gasteiger partial charge >= 0.3 is 12.1 Å². The van der Waals surface area contributed by atoms with Crippen LogP contribution in [-0.4, -0.2) is 58.8 Å². The maximum Gasteiger partial charge on any atom is 0.416 e. The number of nitrogens with one attached hydrogen (secondary N) is 1. The molecule has 0 spiro atoms. The summed E-state index contributed by atoms with van der Waals surface area (Å²) in [5.41, 5.74) is -2.10. The fourth-order valence-electron chi connectivity index (χ4n) is 5.53. The highest BCUT2D eigenvalue weighted by Crippen LogP contribution is 2.35. The van der Waals surface area contributed by atoms with Crippen LogP contribution in [0, 0.1) is 25.6 Å². The molecule has 0 saturated carbocycles. The molecule has 0 aliphatic carbocycles. The summed E-state index contributed by atoms with van der Waals surface area (Å²) in [6.07, 6.45) is -4.64. The fourth-order valence-corrected chi connectivity index (χ4v) is 5.53. The molecular weight excluding hydrogens is 636 g/mol. The van der Waals surface area contributed by atoms with E-state index in [-0.39, 0.29) is 58.9 Å². The molecule has 0 fully saturated rings. The van der Waals surface area contributed by atoms with Crippen molar-refractivity contribution in [2.75, 3.05) is 27.7 Å². The molecule has 0 aliphatic rings. The molecule has 48 heavy (non-hydrogen) atoms. The molecule has 3 rings (SSSR count). The summed E-state index contributed by atoms with van der Waals surface area (Å²) in [5, 5.41) is 12.3. The number of hydrogen-bond acceptors (Lipinski definition) is 6. The number of benzene rings is 1. The van der Waals surface area contributed by atoms with Crippen LogP contribution in [0.25, 0.3) is 11.1 Å². The summed E-state index contributed by atoms with van der Waals surface area (Å²) >= 11 is 0. The van der Waals surface area contributed by atoms with Crippen LogP contribution < -0.4 is 21.2 Å². The standard InChI is InChI=1S/C34H42F4N4O6/c1-18(2)11-26(42-17-21(9-10-40(5)6)24(15-28(42)43)34(36,37)38)32(46)39-25(16-29(44)45)23-14-22(12-19(3)31(23)35)30-27(48-8)13-20(4)41(7)33(30)47/h12-15,17-18,25-26H,9-11,16H2,1-8H3,(H,39,46)(H,44,45)/t25?,26-/m1/s1. The predicted molar refractivity (Wildman–Crippen MR) is 173 cm³/mol. The summed E-state index contributed by atoms with van der Waals surface area (Å²) in [4.78, 5) is 54.1. The average Bonchev–Trinajstić information content (AvgIpc) is 2.97. The van der Waals surface area contributed by atoms with Gasteiger partial charge in [-0.15, -0.1) is 0 Å². The summed E-state index contributed by atoms with van der Waals surface area (Å²) in [5.74, 6) is -3.13. The maximum atomic E-state index is 15.8. The SMILES string of the molecule is COc1cc(C)n(C)c(=O)c1-c1cc(C)c(F)c(C(CC(=O)O)NC(=O)[C@@H](CC(C)C)n2cc(CCN(C)C)c(C(F)(F)F)cc2=O)c1. The zero-order valence-corrected chi connectivity index (χ0v) is 28.3. The number of methoxy groups -OCH3 is 1. The van der Waals surface area contributed by atoms with Crippen LogP contribution in [-0.2, 0) is 29.2 Å². The number of rotatable bonds is 13. The Hall–Kier alpha value is -4.46. The molecule has 0 radical (unpaired) electrons. The Morgan fingerprint density at radius 2 is 1.73 bits per heavy atom. The number of likely N-dealkylation sites (N-methyl/N-ethyl adjacent to an activating group) is 1. The molecule has 10 nitrogen and oxygen atoms in total. The molecule has 0 saturated heterocycles. The minimum Gasteiger partial charge on any atom is -0.496 e. The van der Waals surface area contributed by atoms with E-state index < -0.39 is 59.1 Å². The molecule has 3 aromatic rings. The number of carboxylic acid groups (broad SMARTS) is 1. The Morgan fingerprint density at radius 1 is 1.08 bits per heavy atom.